The number of aryl methyl sites for hydroxylation is 2. The molecule has 0 aliphatic carbocycles. The maximum atomic E-state index is 5.31. The number of rotatable bonds is 3. The lowest BCUT2D eigenvalue weighted by molar-refractivity contribution is 0.374. The number of methoxy groups -OCH3 is 1. The first-order valence-electron chi connectivity index (χ1n) is 6.55. The lowest BCUT2D eigenvalue weighted by Crippen LogP contribution is -2.31. The highest BCUT2D eigenvalue weighted by atomic mass is 16.5. The number of ether oxygens (including phenoxy) is 1. The Morgan fingerprint density at radius 3 is 2.53 bits per heavy atom. The van der Waals surface area contributed by atoms with Crippen LogP contribution in [0, 0.1) is 19.8 Å². The van der Waals surface area contributed by atoms with Gasteiger partial charge in [-0.2, -0.15) is 0 Å². The third kappa shape index (κ3) is 3.01. The van der Waals surface area contributed by atoms with Crippen LogP contribution in [0.3, 0.4) is 0 Å². The van der Waals surface area contributed by atoms with Gasteiger partial charge in [0.05, 0.1) is 7.11 Å². The number of benzene rings is 1. The molecule has 1 atom stereocenters. The topological polar surface area (TPSA) is 21.3 Å². The van der Waals surface area contributed by atoms with Gasteiger partial charge in [-0.1, -0.05) is 0 Å². The van der Waals surface area contributed by atoms with Crippen molar-refractivity contribution in [1.82, 2.24) is 5.32 Å². The van der Waals surface area contributed by atoms with Gasteiger partial charge in [0.2, 0.25) is 0 Å². The summed E-state index contributed by atoms with van der Waals surface area (Å²) in [5, 5.41) is 3.49. The van der Waals surface area contributed by atoms with Crippen LogP contribution in [0.2, 0.25) is 0 Å². The van der Waals surface area contributed by atoms with Gasteiger partial charge in [-0.15, -0.1) is 0 Å². The van der Waals surface area contributed by atoms with E-state index in [2.05, 4.69) is 31.3 Å². The first kappa shape index (κ1) is 12.4. The second-order valence-corrected chi connectivity index (χ2v) is 5.16. The van der Waals surface area contributed by atoms with Crippen LogP contribution >= 0.6 is 0 Å². The lowest BCUT2D eigenvalue weighted by atomic mass is 9.88. The van der Waals surface area contributed by atoms with Gasteiger partial charge in [0, 0.05) is 0 Å². The van der Waals surface area contributed by atoms with Gasteiger partial charge in [-0.25, -0.2) is 0 Å². The molecule has 2 heteroatoms. The molecule has 1 aliphatic heterocycles. The molecule has 0 bridgehead atoms. The van der Waals surface area contributed by atoms with Crippen LogP contribution in [0.25, 0.3) is 0 Å². The van der Waals surface area contributed by atoms with E-state index >= 15 is 0 Å². The largest absolute Gasteiger partial charge is 0.497 e. The molecule has 1 heterocycles. The zero-order valence-corrected chi connectivity index (χ0v) is 11.2. The van der Waals surface area contributed by atoms with E-state index in [0.717, 1.165) is 11.7 Å². The molecule has 1 aromatic rings. The summed E-state index contributed by atoms with van der Waals surface area (Å²) >= 11 is 0. The molecule has 0 amide bonds. The predicted octanol–water partition coefficient (Wildman–Crippen LogP) is 2.85. The van der Waals surface area contributed by atoms with Crippen LogP contribution in [0.5, 0.6) is 5.75 Å². The van der Waals surface area contributed by atoms with Crippen molar-refractivity contribution in [2.75, 3.05) is 20.2 Å². The Morgan fingerprint density at radius 2 is 2.00 bits per heavy atom. The van der Waals surface area contributed by atoms with Crippen LogP contribution in [0.4, 0.5) is 0 Å². The standard InChI is InChI=1S/C15H23NO/c1-11-7-14(17-3)8-12(2)15(11)9-13-5-4-6-16-10-13/h7-8,13,16H,4-6,9-10H2,1-3H3. The maximum absolute atomic E-state index is 5.31. The minimum Gasteiger partial charge on any atom is -0.497 e. The SMILES string of the molecule is COc1cc(C)c(CC2CCCNC2)c(C)c1. The third-order valence-electron chi connectivity index (χ3n) is 3.80. The minimum atomic E-state index is 0.801. The average Bonchev–Trinajstić information content (AvgIpc) is 2.35. The molecule has 1 aromatic carbocycles. The Labute approximate surface area is 104 Å². The van der Waals surface area contributed by atoms with E-state index in [1.807, 2.05) is 0 Å². The molecular formula is C15H23NO. The van der Waals surface area contributed by atoms with Crippen molar-refractivity contribution in [3.63, 3.8) is 0 Å². The second-order valence-electron chi connectivity index (χ2n) is 5.16. The number of hydrogen-bond donors (Lipinski definition) is 1. The van der Waals surface area contributed by atoms with Crippen LogP contribution in [0.15, 0.2) is 12.1 Å². The number of piperidine rings is 1. The zero-order valence-electron chi connectivity index (χ0n) is 11.2. The van der Waals surface area contributed by atoms with Crippen LogP contribution in [-0.2, 0) is 6.42 Å². The molecule has 1 unspecified atom stereocenters. The van der Waals surface area contributed by atoms with E-state index in [4.69, 9.17) is 4.74 Å². The summed E-state index contributed by atoms with van der Waals surface area (Å²) in [5.74, 6) is 1.78. The van der Waals surface area contributed by atoms with Gasteiger partial charge in [-0.05, 0) is 80.9 Å². The Morgan fingerprint density at radius 1 is 1.29 bits per heavy atom. The van der Waals surface area contributed by atoms with E-state index in [0.29, 0.717) is 0 Å². The molecule has 0 spiro atoms. The molecule has 1 saturated heterocycles. The fourth-order valence-electron chi connectivity index (χ4n) is 2.78. The maximum Gasteiger partial charge on any atom is 0.119 e. The smallest absolute Gasteiger partial charge is 0.119 e. The molecule has 2 rings (SSSR count). The van der Waals surface area contributed by atoms with Crippen molar-refractivity contribution >= 4 is 0 Å². The highest BCUT2D eigenvalue weighted by molar-refractivity contribution is 5.41. The van der Waals surface area contributed by atoms with Gasteiger partial charge in [-0.3, -0.25) is 0 Å². The Kier molecular flexibility index (Phi) is 4.06. The Bertz CT molecular complexity index is 358. The third-order valence-corrected chi connectivity index (χ3v) is 3.80. The van der Waals surface area contributed by atoms with E-state index in [-0.39, 0.29) is 0 Å². The van der Waals surface area contributed by atoms with E-state index in [1.54, 1.807) is 7.11 Å². The van der Waals surface area contributed by atoms with E-state index in [1.165, 1.54) is 49.0 Å². The minimum absolute atomic E-state index is 0.801. The predicted molar refractivity (Wildman–Crippen MR) is 71.8 cm³/mol. The fourth-order valence-corrected chi connectivity index (χ4v) is 2.78. The quantitative estimate of drug-likeness (QED) is 0.867. The summed E-state index contributed by atoms with van der Waals surface area (Å²) in [7, 11) is 1.74. The van der Waals surface area contributed by atoms with Crippen molar-refractivity contribution in [1.29, 1.82) is 0 Å². The summed E-state index contributed by atoms with van der Waals surface area (Å²) in [5.41, 5.74) is 4.25. The normalized spacial score (nSPS) is 20.3. The van der Waals surface area contributed by atoms with Crippen molar-refractivity contribution in [2.45, 2.75) is 33.1 Å². The monoisotopic (exact) mass is 233 g/mol. The van der Waals surface area contributed by atoms with Crippen molar-refractivity contribution in [3.8, 4) is 5.75 Å². The molecule has 1 N–H and O–H groups in total. The highest BCUT2D eigenvalue weighted by Crippen LogP contribution is 2.25. The molecule has 94 valence electrons. The Balaban J connectivity index is 2.14. The van der Waals surface area contributed by atoms with Gasteiger partial charge < -0.3 is 10.1 Å². The summed E-state index contributed by atoms with van der Waals surface area (Å²) < 4.78 is 5.31. The van der Waals surface area contributed by atoms with E-state index in [9.17, 15) is 0 Å². The van der Waals surface area contributed by atoms with E-state index < -0.39 is 0 Å². The summed E-state index contributed by atoms with van der Waals surface area (Å²) in [6.45, 7) is 6.75. The molecule has 1 fully saturated rings. The van der Waals surface area contributed by atoms with Gasteiger partial charge in [0.15, 0.2) is 0 Å². The zero-order chi connectivity index (χ0) is 12.3. The Hall–Kier alpha value is -1.02. The first-order chi connectivity index (χ1) is 8.20. The van der Waals surface area contributed by atoms with Crippen molar-refractivity contribution < 1.29 is 4.74 Å². The van der Waals surface area contributed by atoms with Gasteiger partial charge >= 0.3 is 0 Å². The summed E-state index contributed by atoms with van der Waals surface area (Å²) in [6, 6.07) is 4.30. The molecule has 0 aromatic heterocycles. The van der Waals surface area contributed by atoms with Gasteiger partial charge in [0.25, 0.3) is 0 Å². The molecule has 0 saturated carbocycles. The molecule has 17 heavy (non-hydrogen) atoms. The number of hydrogen-bond acceptors (Lipinski definition) is 2. The highest BCUT2D eigenvalue weighted by Gasteiger charge is 2.16. The molecular weight excluding hydrogens is 210 g/mol. The molecule has 0 radical (unpaired) electrons. The van der Waals surface area contributed by atoms with Crippen LogP contribution in [-0.4, -0.2) is 20.2 Å². The first-order valence-corrected chi connectivity index (χ1v) is 6.55. The average molecular weight is 233 g/mol. The summed E-state index contributed by atoms with van der Waals surface area (Å²) in [4.78, 5) is 0. The summed E-state index contributed by atoms with van der Waals surface area (Å²) in [6.07, 6.45) is 3.88. The van der Waals surface area contributed by atoms with Crippen LogP contribution < -0.4 is 10.1 Å². The van der Waals surface area contributed by atoms with Gasteiger partial charge in [0.1, 0.15) is 5.75 Å². The fraction of sp³-hybridized carbons (Fsp3) is 0.600. The molecule has 2 nitrogen and oxygen atoms in total. The second kappa shape index (κ2) is 5.54. The van der Waals surface area contributed by atoms with Crippen molar-refractivity contribution in [2.24, 2.45) is 5.92 Å². The van der Waals surface area contributed by atoms with Crippen LogP contribution in [0.1, 0.15) is 29.5 Å². The lowest BCUT2D eigenvalue weighted by Gasteiger charge is -2.24. The van der Waals surface area contributed by atoms with Crippen molar-refractivity contribution in [3.05, 3.63) is 28.8 Å². The number of nitrogens with one attached hydrogen (secondary N) is 1. The molecule has 1 aliphatic rings.